The van der Waals surface area contributed by atoms with Crippen LogP contribution in [0.3, 0.4) is 0 Å². The first-order chi connectivity index (χ1) is 8.65. The molecule has 1 aromatic heterocycles. The number of nitrogens with zero attached hydrogens (tertiary/aromatic N) is 2. The molecule has 3 nitrogen and oxygen atoms in total. The van der Waals surface area contributed by atoms with E-state index in [1.165, 1.54) is 0 Å². The maximum Gasteiger partial charge on any atom is 0.129 e. The van der Waals surface area contributed by atoms with Gasteiger partial charge in [0.1, 0.15) is 5.15 Å². The van der Waals surface area contributed by atoms with E-state index in [0.717, 1.165) is 43.7 Å². The first kappa shape index (κ1) is 12.7. The fraction of sp³-hybridized carbons (Fsp3) is 0.615. The fourth-order valence-electron chi connectivity index (χ4n) is 3.23. The van der Waals surface area contributed by atoms with E-state index in [1.54, 1.807) is 6.07 Å². The molecule has 0 saturated carbocycles. The molecule has 18 heavy (non-hydrogen) atoms. The largest absolute Gasteiger partial charge is 0.316 e. The summed E-state index contributed by atoms with van der Waals surface area (Å²) in [5.41, 5.74) is 0.893. The van der Waals surface area contributed by atoms with Crippen molar-refractivity contribution in [3.05, 3.63) is 28.0 Å². The highest BCUT2D eigenvalue weighted by Crippen LogP contribution is 2.33. The monoisotopic (exact) mass is 285 g/mol. The topological polar surface area (TPSA) is 28.2 Å². The molecule has 2 aliphatic heterocycles. The van der Waals surface area contributed by atoms with Crippen LogP contribution in [0.4, 0.5) is 0 Å². The van der Waals surface area contributed by atoms with E-state index < -0.39 is 0 Å². The van der Waals surface area contributed by atoms with E-state index in [-0.39, 0.29) is 0 Å². The van der Waals surface area contributed by atoms with Crippen molar-refractivity contribution in [3.63, 3.8) is 0 Å². The zero-order chi connectivity index (χ0) is 12.7. The van der Waals surface area contributed by atoms with Crippen molar-refractivity contribution in [3.8, 4) is 0 Å². The average Bonchev–Trinajstić information content (AvgIpc) is 2.89. The Kier molecular flexibility index (Phi) is 3.50. The van der Waals surface area contributed by atoms with Crippen LogP contribution in [-0.4, -0.2) is 35.6 Å². The molecule has 3 atom stereocenters. The molecule has 3 unspecified atom stereocenters. The summed E-state index contributed by atoms with van der Waals surface area (Å²) in [4.78, 5) is 6.81. The van der Waals surface area contributed by atoms with Crippen LogP contribution >= 0.6 is 23.2 Å². The molecule has 3 heterocycles. The Hall–Kier alpha value is -0.350. The normalized spacial score (nSPS) is 31.8. The summed E-state index contributed by atoms with van der Waals surface area (Å²) in [6.07, 6.45) is 0. The van der Waals surface area contributed by atoms with Gasteiger partial charge in [-0.25, -0.2) is 4.98 Å². The van der Waals surface area contributed by atoms with Gasteiger partial charge in [-0.15, -0.1) is 0 Å². The zero-order valence-electron chi connectivity index (χ0n) is 10.4. The average molecular weight is 286 g/mol. The van der Waals surface area contributed by atoms with Crippen LogP contribution in [0.5, 0.6) is 0 Å². The van der Waals surface area contributed by atoms with Crippen molar-refractivity contribution in [2.75, 3.05) is 19.6 Å². The summed E-state index contributed by atoms with van der Waals surface area (Å²) in [6, 6.07) is 4.15. The van der Waals surface area contributed by atoms with E-state index in [9.17, 15) is 0 Å². The van der Waals surface area contributed by atoms with Crippen LogP contribution in [0.25, 0.3) is 0 Å². The van der Waals surface area contributed by atoms with Gasteiger partial charge in [0.05, 0.1) is 10.7 Å². The number of hydrogen-bond acceptors (Lipinski definition) is 3. The molecule has 0 aromatic carbocycles. The molecule has 2 aliphatic rings. The highest BCUT2D eigenvalue weighted by molar-refractivity contribution is 6.32. The highest BCUT2D eigenvalue weighted by Gasteiger charge is 2.41. The van der Waals surface area contributed by atoms with E-state index in [2.05, 4.69) is 22.1 Å². The van der Waals surface area contributed by atoms with Crippen molar-refractivity contribution in [1.29, 1.82) is 0 Å². The first-order valence-electron chi connectivity index (χ1n) is 6.41. The minimum atomic E-state index is 0.517. The maximum atomic E-state index is 6.18. The lowest BCUT2D eigenvalue weighted by molar-refractivity contribution is 0.229. The number of fused-ring (bicyclic) bond motifs is 1. The van der Waals surface area contributed by atoms with E-state index in [1.807, 2.05) is 6.07 Å². The summed E-state index contributed by atoms with van der Waals surface area (Å²) >= 11 is 12.1. The number of pyridine rings is 1. The van der Waals surface area contributed by atoms with E-state index in [4.69, 9.17) is 23.2 Å². The quantitative estimate of drug-likeness (QED) is 0.846. The third-order valence-corrected chi connectivity index (χ3v) is 4.85. The smallest absolute Gasteiger partial charge is 0.129 e. The lowest BCUT2D eigenvalue weighted by Gasteiger charge is -2.24. The third-order valence-electron chi connectivity index (χ3n) is 4.29. The molecule has 5 heteroatoms. The van der Waals surface area contributed by atoms with Crippen LogP contribution in [0.2, 0.25) is 10.2 Å². The Morgan fingerprint density at radius 1 is 1.39 bits per heavy atom. The Bertz CT molecular complexity index is 452. The van der Waals surface area contributed by atoms with Crippen LogP contribution in [0.15, 0.2) is 12.1 Å². The van der Waals surface area contributed by atoms with Crippen LogP contribution in [0, 0.1) is 11.8 Å². The number of hydrogen-bond donors (Lipinski definition) is 1. The van der Waals surface area contributed by atoms with Crippen molar-refractivity contribution in [2.24, 2.45) is 11.8 Å². The molecule has 0 aliphatic carbocycles. The van der Waals surface area contributed by atoms with Crippen molar-refractivity contribution < 1.29 is 0 Å². The second-order valence-electron chi connectivity index (χ2n) is 5.31. The van der Waals surface area contributed by atoms with Gasteiger partial charge in [-0.3, -0.25) is 4.90 Å². The SMILES string of the molecule is CC1C2CNCC2CN1Cc1nc(Cl)ccc1Cl. The lowest BCUT2D eigenvalue weighted by atomic mass is 9.95. The minimum absolute atomic E-state index is 0.517. The van der Waals surface area contributed by atoms with Gasteiger partial charge in [-0.1, -0.05) is 23.2 Å². The van der Waals surface area contributed by atoms with Crippen molar-refractivity contribution in [2.45, 2.75) is 19.5 Å². The summed E-state index contributed by atoms with van der Waals surface area (Å²) < 4.78 is 0. The third kappa shape index (κ3) is 2.25. The molecule has 0 bridgehead atoms. The molecule has 3 rings (SSSR count). The predicted molar refractivity (Wildman–Crippen MR) is 74.0 cm³/mol. The molecule has 0 radical (unpaired) electrons. The molecule has 0 spiro atoms. The lowest BCUT2D eigenvalue weighted by Crippen LogP contribution is -2.33. The van der Waals surface area contributed by atoms with Gasteiger partial charge in [-0.2, -0.15) is 0 Å². The van der Waals surface area contributed by atoms with E-state index in [0.29, 0.717) is 16.2 Å². The molecule has 2 saturated heterocycles. The predicted octanol–water partition coefficient (Wildman–Crippen LogP) is 2.43. The van der Waals surface area contributed by atoms with Crippen molar-refractivity contribution in [1.82, 2.24) is 15.2 Å². The molecule has 98 valence electrons. The van der Waals surface area contributed by atoms with Crippen molar-refractivity contribution >= 4 is 23.2 Å². The Labute approximate surface area is 117 Å². The van der Waals surface area contributed by atoms with Gasteiger partial charge >= 0.3 is 0 Å². The highest BCUT2D eigenvalue weighted by atomic mass is 35.5. The van der Waals surface area contributed by atoms with Gasteiger partial charge in [0, 0.05) is 19.1 Å². The van der Waals surface area contributed by atoms with Gasteiger partial charge < -0.3 is 5.32 Å². The van der Waals surface area contributed by atoms with Gasteiger partial charge in [0.15, 0.2) is 0 Å². The first-order valence-corrected chi connectivity index (χ1v) is 7.16. The van der Waals surface area contributed by atoms with Gasteiger partial charge in [0.2, 0.25) is 0 Å². The maximum absolute atomic E-state index is 6.18. The summed E-state index contributed by atoms with van der Waals surface area (Å²) in [6.45, 7) is 6.51. The van der Waals surface area contributed by atoms with Gasteiger partial charge in [-0.05, 0) is 44.0 Å². The Balaban J connectivity index is 1.75. The van der Waals surface area contributed by atoms with Crippen LogP contribution < -0.4 is 5.32 Å². The second kappa shape index (κ2) is 4.97. The number of rotatable bonds is 2. The molecular weight excluding hydrogens is 269 g/mol. The summed E-state index contributed by atoms with van der Waals surface area (Å²) in [7, 11) is 0. The minimum Gasteiger partial charge on any atom is -0.316 e. The van der Waals surface area contributed by atoms with Crippen LogP contribution in [0.1, 0.15) is 12.6 Å². The number of nitrogens with one attached hydrogen (secondary N) is 1. The Morgan fingerprint density at radius 2 is 2.22 bits per heavy atom. The number of likely N-dealkylation sites (tertiary alicyclic amines) is 1. The number of aromatic nitrogens is 1. The Morgan fingerprint density at radius 3 is 3.00 bits per heavy atom. The summed E-state index contributed by atoms with van der Waals surface area (Å²) in [5.74, 6) is 1.54. The molecule has 1 aromatic rings. The molecule has 1 N–H and O–H groups in total. The summed E-state index contributed by atoms with van der Waals surface area (Å²) in [5, 5.41) is 4.70. The second-order valence-corrected chi connectivity index (χ2v) is 6.11. The number of halogens is 2. The zero-order valence-corrected chi connectivity index (χ0v) is 11.9. The standard InChI is InChI=1S/C13H17Cl2N3/c1-8-10-5-16-4-9(10)6-18(8)7-12-11(14)2-3-13(15)17-12/h2-3,8-10,16H,4-7H2,1H3. The van der Waals surface area contributed by atoms with E-state index >= 15 is 0 Å². The van der Waals surface area contributed by atoms with Gasteiger partial charge in [0.25, 0.3) is 0 Å². The fourth-order valence-corrected chi connectivity index (χ4v) is 3.56. The van der Waals surface area contributed by atoms with Crippen LogP contribution in [-0.2, 0) is 6.54 Å². The molecular formula is C13H17Cl2N3. The molecule has 2 fully saturated rings. The molecule has 0 amide bonds.